The third-order valence-corrected chi connectivity index (χ3v) is 3.59. The number of nitriles is 1. The van der Waals surface area contributed by atoms with Gasteiger partial charge >= 0.3 is 5.97 Å². The summed E-state index contributed by atoms with van der Waals surface area (Å²) in [6.45, 7) is 2.60. The summed E-state index contributed by atoms with van der Waals surface area (Å²) in [7, 11) is 0. The Hall–Kier alpha value is -2.39. The quantitative estimate of drug-likeness (QED) is 0.765. The highest BCUT2D eigenvalue weighted by Crippen LogP contribution is 2.28. The molecule has 0 amide bonds. The van der Waals surface area contributed by atoms with Crippen LogP contribution in [0.25, 0.3) is 0 Å². The zero-order valence-corrected chi connectivity index (χ0v) is 12.5. The summed E-state index contributed by atoms with van der Waals surface area (Å²) < 4.78 is 4.94. The molecule has 6 heteroatoms. The van der Waals surface area contributed by atoms with Gasteiger partial charge in [-0.25, -0.2) is 9.78 Å². The largest absolute Gasteiger partial charge is 0.461 e. The predicted molar refractivity (Wildman–Crippen MR) is 81.7 cm³/mol. The average Bonchev–Trinajstić information content (AvgIpc) is 2.99. The van der Waals surface area contributed by atoms with Gasteiger partial charge in [-0.05, 0) is 19.1 Å². The molecular formula is C15H15N3O2S. The minimum atomic E-state index is -0.423. The summed E-state index contributed by atoms with van der Waals surface area (Å²) in [6, 6.07) is 11.8. The highest BCUT2D eigenvalue weighted by Gasteiger charge is 2.17. The molecule has 0 radical (unpaired) electrons. The Kier molecular flexibility index (Phi) is 5.29. The lowest BCUT2D eigenvalue weighted by atomic mass is 10.3. The Morgan fingerprint density at radius 2 is 2.19 bits per heavy atom. The number of nitrogens with zero attached hydrogens (tertiary/aromatic N) is 3. The molecule has 0 saturated heterocycles. The van der Waals surface area contributed by atoms with Crippen molar-refractivity contribution in [2.45, 2.75) is 13.3 Å². The maximum absolute atomic E-state index is 11.7. The van der Waals surface area contributed by atoms with Gasteiger partial charge in [0.25, 0.3) is 0 Å². The SMILES string of the molecule is CCOC(=O)c1csc(N(CCC#N)c2ccccc2)n1. The van der Waals surface area contributed by atoms with Gasteiger partial charge in [-0.2, -0.15) is 5.26 Å². The van der Waals surface area contributed by atoms with E-state index >= 15 is 0 Å². The fraction of sp³-hybridized carbons (Fsp3) is 0.267. The molecule has 2 rings (SSSR count). The Morgan fingerprint density at radius 1 is 1.43 bits per heavy atom. The number of hydrogen-bond donors (Lipinski definition) is 0. The Balaban J connectivity index is 2.25. The molecule has 2 aromatic rings. The van der Waals surface area contributed by atoms with Crippen molar-refractivity contribution in [3.63, 3.8) is 0 Å². The number of carbonyl (C=O) groups excluding carboxylic acids is 1. The van der Waals surface area contributed by atoms with Crippen molar-refractivity contribution in [3.8, 4) is 6.07 Å². The molecule has 108 valence electrons. The molecule has 0 atom stereocenters. The van der Waals surface area contributed by atoms with E-state index in [2.05, 4.69) is 11.1 Å². The van der Waals surface area contributed by atoms with Gasteiger partial charge in [-0.15, -0.1) is 11.3 Å². The van der Waals surface area contributed by atoms with Crippen LogP contribution in [0.5, 0.6) is 0 Å². The topological polar surface area (TPSA) is 66.2 Å². The van der Waals surface area contributed by atoms with Crippen molar-refractivity contribution in [3.05, 3.63) is 41.4 Å². The first-order valence-corrected chi connectivity index (χ1v) is 7.46. The molecular weight excluding hydrogens is 286 g/mol. The molecule has 0 saturated carbocycles. The number of benzene rings is 1. The number of ether oxygens (including phenoxy) is 1. The van der Waals surface area contributed by atoms with E-state index in [1.54, 1.807) is 12.3 Å². The van der Waals surface area contributed by atoms with Crippen molar-refractivity contribution in [2.75, 3.05) is 18.1 Å². The maximum atomic E-state index is 11.7. The smallest absolute Gasteiger partial charge is 0.357 e. The summed E-state index contributed by atoms with van der Waals surface area (Å²) in [5.41, 5.74) is 1.24. The van der Waals surface area contributed by atoms with E-state index in [0.29, 0.717) is 30.4 Å². The molecule has 0 unspecified atom stereocenters. The fourth-order valence-electron chi connectivity index (χ4n) is 1.79. The van der Waals surface area contributed by atoms with Crippen molar-refractivity contribution in [2.24, 2.45) is 0 Å². The summed E-state index contributed by atoms with van der Waals surface area (Å²) in [6.07, 6.45) is 0.378. The molecule has 0 aliphatic heterocycles. The number of aromatic nitrogens is 1. The molecule has 0 bridgehead atoms. The van der Waals surface area contributed by atoms with E-state index in [1.165, 1.54) is 11.3 Å². The molecule has 21 heavy (non-hydrogen) atoms. The van der Waals surface area contributed by atoms with Crippen LogP contribution in [0.15, 0.2) is 35.7 Å². The van der Waals surface area contributed by atoms with Crippen LogP contribution in [-0.4, -0.2) is 24.1 Å². The van der Waals surface area contributed by atoms with E-state index in [1.807, 2.05) is 35.2 Å². The highest BCUT2D eigenvalue weighted by molar-refractivity contribution is 7.14. The molecule has 0 spiro atoms. The van der Waals surface area contributed by atoms with Crippen molar-refractivity contribution < 1.29 is 9.53 Å². The monoisotopic (exact) mass is 301 g/mol. The van der Waals surface area contributed by atoms with Gasteiger partial charge in [0.15, 0.2) is 10.8 Å². The van der Waals surface area contributed by atoms with E-state index in [9.17, 15) is 4.79 Å². The molecule has 0 N–H and O–H groups in total. The first-order chi connectivity index (χ1) is 10.3. The fourth-order valence-corrected chi connectivity index (χ4v) is 2.63. The Morgan fingerprint density at radius 3 is 2.86 bits per heavy atom. The van der Waals surface area contributed by atoms with Crippen LogP contribution in [0, 0.1) is 11.3 Å². The number of thiazole rings is 1. The summed E-state index contributed by atoms with van der Waals surface area (Å²) in [5, 5.41) is 11.2. The molecule has 1 heterocycles. The average molecular weight is 301 g/mol. The maximum Gasteiger partial charge on any atom is 0.357 e. The third-order valence-electron chi connectivity index (χ3n) is 2.72. The summed E-state index contributed by atoms with van der Waals surface area (Å²) in [5.74, 6) is -0.423. The zero-order valence-electron chi connectivity index (χ0n) is 11.7. The number of hydrogen-bond acceptors (Lipinski definition) is 6. The predicted octanol–water partition coefficient (Wildman–Crippen LogP) is 3.37. The molecule has 0 fully saturated rings. The Bertz CT molecular complexity index is 634. The molecule has 1 aromatic heterocycles. The molecule has 0 aliphatic rings. The van der Waals surface area contributed by atoms with Gasteiger partial charge in [0.1, 0.15) is 0 Å². The van der Waals surface area contributed by atoms with Gasteiger partial charge in [0.2, 0.25) is 0 Å². The minimum Gasteiger partial charge on any atom is -0.461 e. The lowest BCUT2D eigenvalue weighted by Gasteiger charge is -2.20. The van der Waals surface area contributed by atoms with E-state index < -0.39 is 5.97 Å². The van der Waals surface area contributed by atoms with Gasteiger partial charge in [-0.3, -0.25) is 0 Å². The van der Waals surface area contributed by atoms with Crippen molar-refractivity contribution in [1.82, 2.24) is 4.98 Å². The number of anilines is 2. The van der Waals surface area contributed by atoms with Gasteiger partial charge in [0.05, 0.1) is 19.1 Å². The van der Waals surface area contributed by atoms with Crippen molar-refractivity contribution in [1.29, 1.82) is 5.26 Å². The summed E-state index contributed by atoms with van der Waals surface area (Å²) in [4.78, 5) is 17.9. The van der Waals surface area contributed by atoms with E-state index in [4.69, 9.17) is 10.00 Å². The second-order valence-corrected chi connectivity index (χ2v) is 4.97. The van der Waals surface area contributed by atoms with Crippen LogP contribution in [0.4, 0.5) is 10.8 Å². The number of carbonyl (C=O) groups is 1. The number of rotatable bonds is 6. The van der Waals surface area contributed by atoms with Crippen LogP contribution < -0.4 is 4.90 Å². The highest BCUT2D eigenvalue weighted by atomic mass is 32.1. The minimum absolute atomic E-state index is 0.301. The normalized spacial score (nSPS) is 9.90. The van der Waals surface area contributed by atoms with E-state index in [-0.39, 0.29) is 0 Å². The summed E-state index contributed by atoms with van der Waals surface area (Å²) >= 11 is 1.36. The van der Waals surface area contributed by atoms with E-state index in [0.717, 1.165) is 5.69 Å². The zero-order chi connectivity index (χ0) is 15.1. The second-order valence-electron chi connectivity index (χ2n) is 4.13. The Labute approximate surface area is 127 Å². The lowest BCUT2D eigenvalue weighted by molar-refractivity contribution is 0.0520. The second kappa shape index (κ2) is 7.41. The van der Waals surface area contributed by atoms with Crippen LogP contribution in [0.3, 0.4) is 0 Å². The van der Waals surface area contributed by atoms with Gasteiger partial charge in [0, 0.05) is 17.6 Å². The molecule has 0 aliphatic carbocycles. The first-order valence-electron chi connectivity index (χ1n) is 6.58. The van der Waals surface area contributed by atoms with Crippen LogP contribution in [-0.2, 0) is 4.74 Å². The molecule has 5 nitrogen and oxygen atoms in total. The van der Waals surface area contributed by atoms with Crippen LogP contribution in [0.1, 0.15) is 23.8 Å². The number of esters is 1. The standard InChI is InChI=1S/C15H15N3O2S/c1-2-20-14(19)13-11-21-15(17-13)18(10-6-9-16)12-7-4-3-5-8-12/h3-5,7-8,11H,2,6,10H2,1H3. The molecule has 1 aromatic carbocycles. The van der Waals surface area contributed by atoms with Gasteiger partial charge in [-0.1, -0.05) is 18.2 Å². The van der Waals surface area contributed by atoms with Gasteiger partial charge < -0.3 is 9.64 Å². The third kappa shape index (κ3) is 3.80. The number of para-hydroxylation sites is 1. The lowest BCUT2D eigenvalue weighted by Crippen LogP contribution is -2.18. The van der Waals surface area contributed by atoms with Crippen LogP contribution in [0.2, 0.25) is 0 Å². The first kappa shape index (κ1) is 15.0. The van der Waals surface area contributed by atoms with Crippen molar-refractivity contribution >= 4 is 28.1 Å². The van der Waals surface area contributed by atoms with Crippen LogP contribution >= 0.6 is 11.3 Å².